The van der Waals surface area contributed by atoms with Crippen molar-refractivity contribution in [1.82, 2.24) is 5.32 Å². The lowest BCUT2D eigenvalue weighted by molar-refractivity contribution is 0.0935. The molecule has 0 spiro atoms. The van der Waals surface area contributed by atoms with Crippen molar-refractivity contribution in [2.45, 2.75) is 32.2 Å². The van der Waals surface area contributed by atoms with Crippen LogP contribution in [0.15, 0.2) is 18.2 Å². The van der Waals surface area contributed by atoms with Gasteiger partial charge in [-0.1, -0.05) is 17.9 Å². The molecule has 0 heterocycles. The molecule has 1 amide bonds. The highest BCUT2D eigenvalue weighted by Gasteiger charge is 2.38. The molecular weight excluding hydrogens is 224 g/mol. The van der Waals surface area contributed by atoms with Gasteiger partial charge in [0.15, 0.2) is 0 Å². The minimum Gasteiger partial charge on any atom is -0.347 e. The lowest BCUT2D eigenvalue weighted by atomic mass is 10.0. The van der Waals surface area contributed by atoms with Crippen LogP contribution < -0.4 is 11.1 Å². The number of aryl methyl sites for hydroxylation is 1. The first-order chi connectivity index (χ1) is 8.54. The number of nitrogens with one attached hydrogen (secondary N) is 1. The van der Waals surface area contributed by atoms with Gasteiger partial charge in [0, 0.05) is 16.7 Å². The Morgan fingerprint density at radius 1 is 1.50 bits per heavy atom. The average Bonchev–Trinajstić information content (AvgIpc) is 3.05. The molecule has 0 saturated heterocycles. The normalized spacial score (nSPS) is 15.5. The predicted molar refractivity (Wildman–Crippen MR) is 72.2 cm³/mol. The zero-order chi connectivity index (χ0) is 13.2. The fourth-order valence-corrected chi connectivity index (χ4v) is 1.70. The average molecular weight is 242 g/mol. The minimum atomic E-state index is -0.0224. The van der Waals surface area contributed by atoms with Crippen molar-refractivity contribution in [3.63, 3.8) is 0 Å². The summed E-state index contributed by atoms with van der Waals surface area (Å²) in [6.07, 6.45) is 2.12. The van der Waals surface area contributed by atoms with Gasteiger partial charge in [-0.05, 0) is 44.4 Å². The molecule has 1 aliphatic carbocycles. The highest BCUT2D eigenvalue weighted by Crippen LogP contribution is 2.34. The first-order valence-electron chi connectivity index (χ1n) is 6.16. The number of benzene rings is 1. The predicted octanol–water partition coefficient (Wildman–Crippen LogP) is 1.59. The Hall–Kier alpha value is -1.79. The number of carbonyl (C=O) groups is 1. The number of nitrogens with two attached hydrogens (primary N) is 1. The maximum absolute atomic E-state index is 12.1. The minimum absolute atomic E-state index is 0.00503. The number of rotatable bonds is 2. The molecule has 0 unspecified atom stereocenters. The van der Waals surface area contributed by atoms with E-state index in [2.05, 4.69) is 24.1 Å². The smallest absolute Gasteiger partial charge is 0.251 e. The van der Waals surface area contributed by atoms with E-state index in [0.717, 1.165) is 24.0 Å². The molecule has 0 bridgehead atoms. The summed E-state index contributed by atoms with van der Waals surface area (Å²) in [6, 6.07) is 5.59. The Bertz CT molecular complexity index is 533. The molecule has 1 aromatic rings. The van der Waals surface area contributed by atoms with E-state index in [1.807, 2.05) is 25.1 Å². The Morgan fingerprint density at radius 2 is 2.22 bits per heavy atom. The van der Waals surface area contributed by atoms with Crippen LogP contribution in [0, 0.1) is 18.8 Å². The van der Waals surface area contributed by atoms with E-state index in [-0.39, 0.29) is 11.4 Å². The van der Waals surface area contributed by atoms with Crippen molar-refractivity contribution in [2.75, 3.05) is 6.54 Å². The number of hydrogen-bond acceptors (Lipinski definition) is 2. The quantitative estimate of drug-likeness (QED) is 0.774. The van der Waals surface area contributed by atoms with Crippen molar-refractivity contribution < 1.29 is 4.79 Å². The van der Waals surface area contributed by atoms with E-state index in [9.17, 15) is 4.79 Å². The topological polar surface area (TPSA) is 55.1 Å². The van der Waals surface area contributed by atoms with E-state index < -0.39 is 0 Å². The first-order valence-corrected chi connectivity index (χ1v) is 6.16. The molecule has 1 fully saturated rings. The van der Waals surface area contributed by atoms with Crippen LogP contribution in [-0.2, 0) is 0 Å². The van der Waals surface area contributed by atoms with Gasteiger partial charge in [0.25, 0.3) is 5.91 Å². The van der Waals surface area contributed by atoms with E-state index in [0.29, 0.717) is 12.1 Å². The maximum atomic E-state index is 12.1. The molecule has 0 aromatic heterocycles. The third kappa shape index (κ3) is 2.91. The van der Waals surface area contributed by atoms with Gasteiger partial charge >= 0.3 is 0 Å². The molecule has 1 aromatic carbocycles. The monoisotopic (exact) mass is 242 g/mol. The van der Waals surface area contributed by atoms with Gasteiger partial charge in [-0.25, -0.2) is 0 Å². The molecule has 3 N–H and O–H groups in total. The van der Waals surface area contributed by atoms with Crippen molar-refractivity contribution in [3.05, 3.63) is 34.9 Å². The van der Waals surface area contributed by atoms with E-state index >= 15 is 0 Å². The Kier molecular flexibility index (Phi) is 3.40. The Balaban J connectivity index is 2.20. The van der Waals surface area contributed by atoms with E-state index in [1.165, 1.54) is 0 Å². The molecule has 0 radical (unpaired) electrons. The van der Waals surface area contributed by atoms with Crippen LogP contribution in [0.4, 0.5) is 0 Å². The Morgan fingerprint density at radius 3 is 2.83 bits per heavy atom. The van der Waals surface area contributed by atoms with Crippen molar-refractivity contribution in [1.29, 1.82) is 0 Å². The summed E-state index contributed by atoms with van der Waals surface area (Å²) in [5.74, 6) is 5.79. The summed E-state index contributed by atoms with van der Waals surface area (Å²) in [5.41, 5.74) is 7.96. The van der Waals surface area contributed by atoms with E-state index in [4.69, 9.17) is 5.73 Å². The molecule has 0 aliphatic heterocycles. The summed E-state index contributed by atoms with van der Waals surface area (Å²) in [7, 11) is 0. The van der Waals surface area contributed by atoms with Gasteiger partial charge in [-0.3, -0.25) is 4.79 Å². The third-order valence-corrected chi connectivity index (χ3v) is 3.24. The summed E-state index contributed by atoms with van der Waals surface area (Å²) in [5, 5.41) is 3.04. The molecule has 94 valence electrons. The van der Waals surface area contributed by atoms with Crippen molar-refractivity contribution in [3.8, 4) is 11.8 Å². The standard InChI is InChI=1S/C15H18N2O/c1-11-5-6-13(10-12(11)4-3-9-16)14(18)17-15(2)7-8-15/h5-6,10H,7-9,16H2,1-2H3,(H,17,18). The molecule has 1 aliphatic rings. The molecule has 3 nitrogen and oxygen atoms in total. The summed E-state index contributed by atoms with van der Waals surface area (Å²) in [4.78, 5) is 12.1. The lowest BCUT2D eigenvalue weighted by Crippen LogP contribution is -2.34. The van der Waals surface area contributed by atoms with Gasteiger partial charge in [0.2, 0.25) is 0 Å². The number of carbonyl (C=O) groups excluding carboxylic acids is 1. The summed E-state index contributed by atoms with van der Waals surface area (Å²) >= 11 is 0. The summed E-state index contributed by atoms with van der Waals surface area (Å²) < 4.78 is 0. The molecule has 1 saturated carbocycles. The SMILES string of the molecule is Cc1ccc(C(=O)NC2(C)CC2)cc1C#CCN. The molecule has 0 atom stereocenters. The van der Waals surface area contributed by atoms with Crippen LogP contribution >= 0.6 is 0 Å². The van der Waals surface area contributed by atoms with Crippen LogP contribution in [0.25, 0.3) is 0 Å². The fraction of sp³-hybridized carbons (Fsp3) is 0.400. The van der Waals surface area contributed by atoms with Gasteiger partial charge in [0.05, 0.1) is 6.54 Å². The largest absolute Gasteiger partial charge is 0.347 e. The molecular formula is C15H18N2O. The number of amides is 1. The summed E-state index contributed by atoms with van der Waals surface area (Å²) in [6.45, 7) is 4.37. The second kappa shape index (κ2) is 4.83. The van der Waals surface area contributed by atoms with Crippen LogP contribution in [-0.4, -0.2) is 18.0 Å². The fourth-order valence-electron chi connectivity index (χ4n) is 1.70. The van der Waals surface area contributed by atoms with Gasteiger partial charge in [-0.2, -0.15) is 0 Å². The second-order valence-electron chi connectivity index (χ2n) is 5.05. The van der Waals surface area contributed by atoms with E-state index in [1.54, 1.807) is 0 Å². The first kappa shape index (κ1) is 12.7. The van der Waals surface area contributed by atoms with Crippen molar-refractivity contribution >= 4 is 5.91 Å². The Labute approximate surface area is 108 Å². The number of hydrogen-bond donors (Lipinski definition) is 2. The molecule has 3 heteroatoms. The third-order valence-electron chi connectivity index (χ3n) is 3.24. The van der Waals surface area contributed by atoms with Crippen molar-refractivity contribution in [2.24, 2.45) is 5.73 Å². The lowest BCUT2D eigenvalue weighted by Gasteiger charge is -2.12. The van der Waals surface area contributed by atoms with Crippen LogP contribution in [0.3, 0.4) is 0 Å². The maximum Gasteiger partial charge on any atom is 0.251 e. The van der Waals surface area contributed by atoms with Crippen LogP contribution in [0.2, 0.25) is 0 Å². The zero-order valence-corrected chi connectivity index (χ0v) is 10.8. The molecule has 18 heavy (non-hydrogen) atoms. The van der Waals surface area contributed by atoms with Gasteiger partial charge < -0.3 is 11.1 Å². The van der Waals surface area contributed by atoms with Gasteiger partial charge in [0.1, 0.15) is 0 Å². The zero-order valence-electron chi connectivity index (χ0n) is 10.8. The van der Waals surface area contributed by atoms with Gasteiger partial charge in [-0.15, -0.1) is 0 Å². The highest BCUT2D eigenvalue weighted by atomic mass is 16.1. The van der Waals surface area contributed by atoms with Crippen LogP contribution in [0.5, 0.6) is 0 Å². The molecule has 2 rings (SSSR count). The van der Waals surface area contributed by atoms with Crippen LogP contribution in [0.1, 0.15) is 41.3 Å². The second-order valence-corrected chi connectivity index (χ2v) is 5.05. The highest BCUT2D eigenvalue weighted by molar-refractivity contribution is 5.95.